The second-order valence-corrected chi connectivity index (χ2v) is 4.95. The molecule has 2 nitrogen and oxygen atoms in total. The first-order chi connectivity index (χ1) is 6.76. The zero-order valence-electron chi connectivity index (χ0n) is 10.9. The van der Waals surface area contributed by atoms with Crippen molar-refractivity contribution < 1.29 is 5.11 Å². The summed E-state index contributed by atoms with van der Waals surface area (Å²) in [6.45, 7) is 15.8. The molecule has 0 unspecified atom stereocenters. The van der Waals surface area contributed by atoms with Gasteiger partial charge >= 0.3 is 0 Å². The molecule has 0 saturated heterocycles. The van der Waals surface area contributed by atoms with Crippen LogP contribution in [-0.4, -0.2) is 22.5 Å². The molecule has 0 spiro atoms. The Morgan fingerprint density at radius 2 is 1.53 bits per heavy atom. The molecule has 2 heteroatoms. The van der Waals surface area contributed by atoms with Gasteiger partial charge in [0.2, 0.25) is 0 Å². The van der Waals surface area contributed by atoms with Crippen LogP contribution >= 0.6 is 0 Å². The third kappa shape index (κ3) is 3.16. The van der Waals surface area contributed by atoms with Crippen molar-refractivity contribution >= 4 is 5.71 Å². The number of rotatable bonds is 5. The van der Waals surface area contributed by atoms with E-state index in [1.165, 1.54) is 0 Å². The molecule has 0 aliphatic carbocycles. The lowest BCUT2D eigenvalue weighted by atomic mass is 9.76. The molecule has 0 saturated carbocycles. The smallest absolute Gasteiger partial charge is 0.111 e. The molecule has 0 atom stereocenters. The lowest BCUT2D eigenvalue weighted by Gasteiger charge is -2.36. The summed E-state index contributed by atoms with van der Waals surface area (Å²) in [5.41, 5.74) is -0.158. The van der Waals surface area contributed by atoms with Crippen LogP contribution in [0.4, 0.5) is 0 Å². The number of nitrogens with zero attached hydrogens (tertiary/aromatic N) is 1. The first-order valence-corrected chi connectivity index (χ1v) is 5.69. The van der Waals surface area contributed by atoms with Gasteiger partial charge in [-0.05, 0) is 31.8 Å². The summed E-state index contributed by atoms with van der Waals surface area (Å²) in [7, 11) is 0. The third-order valence-corrected chi connectivity index (χ3v) is 2.76. The van der Waals surface area contributed by atoms with Crippen LogP contribution in [-0.2, 0) is 0 Å². The van der Waals surface area contributed by atoms with Crippen LogP contribution in [0.25, 0.3) is 0 Å². The van der Waals surface area contributed by atoms with Crippen LogP contribution in [0.3, 0.4) is 0 Å². The zero-order valence-corrected chi connectivity index (χ0v) is 10.9. The minimum absolute atomic E-state index is 0.132. The van der Waals surface area contributed by atoms with Gasteiger partial charge in [0.05, 0.1) is 5.71 Å². The molecule has 0 aromatic heterocycles. The number of aliphatic hydroxyl groups is 1. The van der Waals surface area contributed by atoms with Crippen molar-refractivity contribution in [1.29, 1.82) is 0 Å². The highest BCUT2D eigenvalue weighted by Gasteiger charge is 2.38. The van der Waals surface area contributed by atoms with Crippen LogP contribution in [0.15, 0.2) is 17.6 Å². The summed E-state index contributed by atoms with van der Waals surface area (Å²) < 4.78 is 0. The molecule has 88 valence electrons. The van der Waals surface area contributed by atoms with E-state index in [0.717, 1.165) is 0 Å². The van der Waals surface area contributed by atoms with Gasteiger partial charge in [0.15, 0.2) is 0 Å². The monoisotopic (exact) mass is 211 g/mol. The molecule has 0 radical (unpaired) electrons. The first kappa shape index (κ1) is 14.4. The second-order valence-electron chi connectivity index (χ2n) is 4.95. The van der Waals surface area contributed by atoms with E-state index in [2.05, 4.69) is 11.6 Å². The largest absolute Gasteiger partial charge is 0.383 e. The van der Waals surface area contributed by atoms with E-state index >= 15 is 0 Å². The van der Waals surface area contributed by atoms with Crippen LogP contribution in [0.5, 0.6) is 0 Å². The van der Waals surface area contributed by atoms with Crippen LogP contribution in [0, 0.1) is 11.8 Å². The highest BCUT2D eigenvalue weighted by atomic mass is 16.3. The Labute approximate surface area is 94.1 Å². The van der Waals surface area contributed by atoms with E-state index in [1.54, 1.807) is 6.08 Å². The van der Waals surface area contributed by atoms with Crippen molar-refractivity contribution in [1.82, 2.24) is 0 Å². The molecule has 0 fully saturated rings. The lowest BCUT2D eigenvalue weighted by Crippen LogP contribution is -2.48. The maximum atomic E-state index is 10.7. The molecule has 0 bridgehead atoms. The van der Waals surface area contributed by atoms with Crippen LogP contribution in [0.2, 0.25) is 0 Å². The summed E-state index contributed by atoms with van der Waals surface area (Å²) in [6, 6.07) is 0.182. The van der Waals surface area contributed by atoms with Gasteiger partial charge in [-0.1, -0.05) is 34.3 Å². The van der Waals surface area contributed by atoms with Gasteiger partial charge in [-0.15, -0.1) is 0 Å². The van der Waals surface area contributed by atoms with Gasteiger partial charge in [0.25, 0.3) is 0 Å². The molecule has 0 amide bonds. The predicted molar refractivity (Wildman–Crippen MR) is 67.4 cm³/mol. The fourth-order valence-electron chi connectivity index (χ4n) is 1.86. The maximum Gasteiger partial charge on any atom is 0.111 e. The molecule has 0 aromatic carbocycles. The summed E-state index contributed by atoms with van der Waals surface area (Å²) >= 11 is 0. The highest BCUT2D eigenvalue weighted by Crippen LogP contribution is 2.28. The fourth-order valence-corrected chi connectivity index (χ4v) is 1.86. The van der Waals surface area contributed by atoms with E-state index in [-0.39, 0.29) is 17.9 Å². The van der Waals surface area contributed by atoms with Crippen LogP contribution < -0.4 is 0 Å². The van der Waals surface area contributed by atoms with Gasteiger partial charge in [-0.3, -0.25) is 4.99 Å². The molecule has 0 rings (SSSR count). The predicted octanol–water partition coefficient (Wildman–Crippen LogP) is 3.06. The highest BCUT2D eigenvalue weighted by molar-refractivity contribution is 6.01. The quantitative estimate of drug-likeness (QED) is 0.696. The molecule has 0 aromatic rings. The Morgan fingerprint density at radius 3 is 1.73 bits per heavy atom. The average molecular weight is 211 g/mol. The van der Waals surface area contributed by atoms with Crippen molar-refractivity contribution in [2.75, 3.05) is 0 Å². The Morgan fingerprint density at radius 1 is 1.13 bits per heavy atom. The van der Waals surface area contributed by atoms with E-state index in [9.17, 15) is 5.11 Å². The van der Waals surface area contributed by atoms with Gasteiger partial charge in [-0.2, -0.15) is 0 Å². The maximum absolute atomic E-state index is 10.7. The Balaban J connectivity index is 5.31. The summed E-state index contributed by atoms with van der Waals surface area (Å²) in [5, 5.41) is 10.7. The summed E-state index contributed by atoms with van der Waals surface area (Å²) in [6.07, 6.45) is 1.68. The Kier molecular flexibility index (Phi) is 5.22. The second kappa shape index (κ2) is 5.45. The number of hydrogen-bond acceptors (Lipinski definition) is 2. The fraction of sp³-hybridized carbons (Fsp3) is 0.769. The standard InChI is InChI=1S/C13H25NO/c1-8-12(14-11(6)7)13(15,9(2)3)10(4)5/h8-11,15H,1H2,2-7H3. The Bertz CT molecular complexity index is 231. The van der Waals surface area contributed by atoms with E-state index < -0.39 is 5.60 Å². The van der Waals surface area contributed by atoms with Crippen molar-refractivity contribution in [2.45, 2.75) is 53.2 Å². The minimum Gasteiger partial charge on any atom is -0.383 e. The van der Waals surface area contributed by atoms with Gasteiger partial charge in [0.1, 0.15) is 5.60 Å². The van der Waals surface area contributed by atoms with Crippen molar-refractivity contribution in [3.8, 4) is 0 Å². The topological polar surface area (TPSA) is 32.6 Å². The van der Waals surface area contributed by atoms with E-state index in [1.807, 2.05) is 41.5 Å². The summed E-state index contributed by atoms with van der Waals surface area (Å²) in [4.78, 5) is 4.46. The van der Waals surface area contributed by atoms with Crippen molar-refractivity contribution in [3.63, 3.8) is 0 Å². The van der Waals surface area contributed by atoms with Crippen molar-refractivity contribution in [2.24, 2.45) is 16.8 Å². The molecular weight excluding hydrogens is 186 g/mol. The normalized spacial score (nSPS) is 14.1. The molecule has 15 heavy (non-hydrogen) atoms. The van der Waals surface area contributed by atoms with E-state index in [0.29, 0.717) is 5.71 Å². The van der Waals surface area contributed by atoms with Gasteiger partial charge in [-0.25, -0.2) is 0 Å². The van der Waals surface area contributed by atoms with Crippen LogP contribution in [0.1, 0.15) is 41.5 Å². The molecule has 0 aliphatic rings. The first-order valence-electron chi connectivity index (χ1n) is 5.69. The van der Waals surface area contributed by atoms with Gasteiger partial charge in [0, 0.05) is 6.04 Å². The van der Waals surface area contributed by atoms with Crippen molar-refractivity contribution in [3.05, 3.63) is 12.7 Å². The molecule has 1 N–H and O–H groups in total. The SMILES string of the molecule is C=CC(=NC(C)C)C(O)(C(C)C)C(C)C. The number of aliphatic imine (C=N–C) groups is 1. The lowest BCUT2D eigenvalue weighted by molar-refractivity contribution is 0.0200. The number of hydrogen-bond donors (Lipinski definition) is 1. The summed E-state index contributed by atoms with van der Waals surface area (Å²) in [5.74, 6) is 0.265. The molecular formula is C13H25NO. The average Bonchev–Trinajstić information content (AvgIpc) is 2.11. The minimum atomic E-state index is -0.869. The third-order valence-electron chi connectivity index (χ3n) is 2.76. The zero-order chi connectivity index (χ0) is 12.2. The Hall–Kier alpha value is -0.630. The van der Waals surface area contributed by atoms with Gasteiger partial charge < -0.3 is 5.11 Å². The molecule has 0 heterocycles. The van der Waals surface area contributed by atoms with E-state index in [4.69, 9.17) is 0 Å². The molecule has 0 aliphatic heterocycles.